The number of sulfonamides is 2. The molecule has 0 heterocycles. The highest BCUT2D eigenvalue weighted by Gasteiger charge is 2.46. The highest BCUT2D eigenvalue weighted by molar-refractivity contribution is 7.90. The standard InChI is InChI=1S/2C15H21F2NO2S/c2*1-11(2)21(19,20)18-14-5-3-4-10-15(14,17)12-6-8-13(16)9-7-12/h2*6-9,11,14,18H,3-5,10H2,1-2H3/t14-,15+;14-,15-/m00/s1. The van der Waals surface area contributed by atoms with Gasteiger partial charge in [0.25, 0.3) is 0 Å². The van der Waals surface area contributed by atoms with E-state index in [-0.39, 0.29) is 12.8 Å². The molecule has 236 valence electrons. The quantitative estimate of drug-likeness (QED) is 0.324. The Balaban J connectivity index is 0.000000230. The fraction of sp³-hybridized carbons (Fsp3) is 0.600. The first-order valence-corrected chi connectivity index (χ1v) is 17.5. The summed E-state index contributed by atoms with van der Waals surface area (Å²) in [4.78, 5) is 0. The highest BCUT2D eigenvalue weighted by atomic mass is 32.2. The fourth-order valence-electron chi connectivity index (χ4n) is 5.39. The summed E-state index contributed by atoms with van der Waals surface area (Å²) in [6.45, 7) is 6.23. The maximum atomic E-state index is 15.4. The third kappa shape index (κ3) is 8.12. The molecule has 0 saturated heterocycles. The van der Waals surface area contributed by atoms with Gasteiger partial charge in [0.15, 0.2) is 11.3 Å². The van der Waals surface area contributed by atoms with Crippen molar-refractivity contribution in [2.75, 3.05) is 0 Å². The van der Waals surface area contributed by atoms with Crippen molar-refractivity contribution in [1.29, 1.82) is 0 Å². The largest absolute Gasteiger partial charge is 0.237 e. The van der Waals surface area contributed by atoms with Gasteiger partial charge >= 0.3 is 0 Å². The smallest absolute Gasteiger partial charge is 0.214 e. The van der Waals surface area contributed by atoms with Crippen LogP contribution in [0, 0.1) is 11.6 Å². The first-order valence-electron chi connectivity index (χ1n) is 14.4. The van der Waals surface area contributed by atoms with Crippen LogP contribution < -0.4 is 9.44 Å². The topological polar surface area (TPSA) is 92.3 Å². The molecule has 4 atom stereocenters. The van der Waals surface area contributed by atoms with Gasteiger partial charge in [-0.15, -0.1) is 0 Å². The molecule has 4 rings (SSSR count). The van der Waals surface area contributed by atoms with E-state index >= 15 is 8.78 Å². The second-order valence-electron chi connectivity index (χ2n) is 11.8. The zero-order chi connectivity index (χ0) is 31.3. The Morgan fingerprint density at radius 2 is 0.929 bits per heavy atom. The van der Waals surface area contributed by atoms with Gasteiger partial charge in [0, 0.05) is 0 Å². The van der Waals surface area contributed by atoms with Crippen LogP contribution in [0.1, 0.15) is 90.2 Å². The number of halogens is 4. The summed E-state index contributed by atoms with van der Waals surface area (Å²) in [6, 6.07) is 8.83. The lowest BCUT2D eigenvalue weighted by molar-refractivity contribution is 0.0711. The third-order valence-corrected chi connectivity index (χ3v) is 11.9. The molecule has 2 aliphatic rings. The summed E-state index contributed by atoms with van der Waals surface area (Å²) in [5.74, 6) is -0.866. The molecule has 2 aromatic rings. The maximum Gasteiger partial charge on any atom is 0.214 e. The second kappa shape index (κ2) is 13.7. The Morgan fingerprint density at radius 3 is 1.21 bits per heavy atom. The summed E-state index contributed by atoms with van der Waals surface area (Å²) in [7, 11) is -7.10. The average Bonchev–Trinajstić information content (AvgIpc) is 2.92. The summed E-state index contributed by atoms with van der Waals surface area (Å²) in [6.07, 6.45) is 4.30. The molecule has 6 nitrogen and oxygen atoms in total. The van der Waals surface area contributed by atoms with Gasteiger partial charge in [0.2, 0.25) is 20.0 Å². The van der Waals surface area contributed by atoms with Crippen LogP contribution in [0.3, 0.4) is 0 Å². The Labute approximate surface area is 247 Å². The third-order valence-electron chi connectivity index (χ3n) is 8.17. The van der Waals surface area contributed by atoms with Gasteiger partial charge in [0.1, 0.15) is 11.6 Å². The number of rotatable bonds is 8. The summed E-state index contributed by atoms with van der Waals surface area (Å²) in [5, 5.41) is -1.23. The van der Waals surface area contributed by atoms with Crippen molar-refractivity contribution in [3.05, 3.63) is 71.3 Å². The zero-order valence-electron chi connectivity index (χ0n) is 24.5. The van der Waals surface area contributed by atoms with Gasteiger partial charge in [-0.2, -0.15) is 0 Å². The highest BCUT2D eigenvalue weighted by Crippen LogP contribution is 2.42. The van der Waals surface area contributed by atoms with Crippen molar-refractivity contribution in [2.45, 2.75) is 113 Å². The second-order valence-corrected chi connectivity index (χ2v) is 16.3. The Kier molecular flexibility index (Phi) is 11.3. The number of hydrogen-bond acceptors (Lipinski definition) is 4. The molecule has 42 heavy (non-hydrogen) atoms. The molecule has 0 aromatic heterocycles. The van der Waals surface area contributed by atoms with E-state index in [4.69, 9.17) is 0 Å². The van der Waals surface area contributed by atoms with E-state index in [1.54, 1.807) is 27.7 Å². The molecular weight excluding hydrogens is 592 g/mol. The van der Waals surface area contributed by atoms with Crippen LogP contribution in [-0.4, -0.2) is 39.4 Å². The minimum atomic E-state index is -3.55. The first-order chi connectivity index (χ1) is 19.5. The van der Waals surface area contributed by atoms with E-state index in [1.165, 1.54) is 48.5 Å². The van der Waals surface area contributed by atoms with Gasteiger partial charge < -0.3 is 0 Å². The Hall–Kier alpha value is -2.02. The van der Waals surface area contributed by atoms with Crippen LogP contribution in [-0.2, 0) is 31.4 Å². The van der Waals surface area contributed by atoms with Crippen LogP contribution in [0.4, 0.5) is 17.6 Å². The van der Waals surface area contributed by atoms with Crippen molar-refractivity contribution >= 4 is 20.0 Å². The van der Waals surface area contributed by atoms with Crippen molar-refractivity contribution in [3.8, 4) is 0 Å². The Morgan fingerprint density at radius 1 is 0.619 bits per heavy atom. The predicted octanol–water partition coefficient (Wildman–Crippen LogP) is 6.52. The van der Waals surface area contributed by atoms with Gasteiger partial charge in [-0.1, -0.05) is 37.1 Å². The van der Waals surface area contributed by atoms with Crippen molar-refractivity contribution in [3.63, 3.8) is 0 Å². The van der Waals surface area contributed by atoms with Crippen molar-refractivity contribution < 1.29 is 34.4 Å². The van der Waals surface area contributed by atoms with E-state index in [0.717, 1.165) is 12.8 Å². The van der Waals surface area contributed by atoms with Crippen LogP contribution in [0.25, 0.3) is 0 Å². The lowest BCUT2D eigenvalue weighted by atomic mass is 9.77. The van der Waals surface area contributed by atoms with E-state index in [1.807, 2.05) is 0 Å². The number of benzene rings is 2. The molecule has 2 aromatic carbocycles. The summed E-state index contributed by atoms with van der Waals surface area (Å²) >= 11 is 0. The average molecular weight is 635 g/mol. The normalized spacial score (nSPS) is 27.0. The molecule has 2 N–H and O–H groups in total. The van der Waals surface area contributed by atoms with Crippen LogP contribution in [0.5, 0.6) is 0 Å². The lowest BCUT2D eigenvalue weighted by Crippen LogP contribution is -2.51. The number of alkyl halides is 2. The van der Waals surface area contributed by atoms with E-state index in [0.29, 0.717) is 36.8 Å². The molecule has 2 saturated carbocycles. The SMILES string of the molecule is CC(C)S(=O)(=O)N[C@H]1CCCC[C@@]1(F)c1ccc(F)cc1.CC(C)S(=O)(=O)N[C@H]1CCCC[C@]1(F)c1ccc(F)cc1. The zero-order valence-corrected chi connectivity index (χ0v) is 26.2. The van der Waals surface area contributed by atoms with E-state index in [2.05, 4.69) is 9.44 Å². The van der Waals surface area contributed by atoms with E-state index in [9.17, 15) is 25.6 Å². The van der Waals surface area contributed by atoms with Crippen LogP contribution >= 0.6 is 0 Å². The molecular formula is C30H42F4N2O4S2. The molecule has 0 bridgehead atoms. The predicted molar refractivity (Wildman–Crippen MR) is 157 cm³/mol. The maximum absolute atomic E-state index is 15.4. The molecule has 0 unspecified atom stereocenters. The fourth-order valence-corrected chi connectivity index (χ4v) is 7.33. The van der Waals surface area contributed by atoms with E-state index < -0.39 is 65.6 Å². The molecule has 12 heteroatoms. The van der Waals surface area contributed by atoms with Crippen LogP contribution in [0.15, 0.2) is 48.5 Å². The number of nitrogens with one attached hydrogen (secondary N) is 2. The van der Waals surface area contributed by atoms with Gasteiger partial charge in [0.05, 0.1) is 22.6 Å². The van der Waals surface area contributed by atoms with Crippen LogP contribution in [0.2, 0.25) is 0 Å². The molecule has 0 amide bonds. The van der Waals surface area contributed by atoms with Gasteiger partial charge in [-0.25, -0.2) is 43.8 Å². The van der Waals surface area contributed by atoms with Crippen molar-refractivity contribution in [2.24, 2.45) is 0 Å². The van der Waals surface area contributed by atoms with Gasteiger partial charge in [-0.05, 0) is 102 Å². The minimum absolute atomic E-state index is 0.240. The minimum Gasteiger partial charge on any atom is -0.237 e. The summed E-state index contributed by atoms with van der Waals surface area (Å²) < 4.78 is 110. The van der Waals surface area contributed by atoms with Crippen molar-refractivity contribution in [1.82, 2.24) is 9.44 Å². The first kappa shape index (κ1) is 34.5. The monoisotopic (exact) mass is 634 g/mol. The summed E-state index contributed by atoms with van der Waals surface area (Å²) in [5.41, 5.74) is -2.90. The molecule has 0 spiro atoms. The lowest BCUT2D eigenvalue weighted by Gasteiger charge is -2.38. The molecule has 2 fully saturated rings. The molecule has 0 radical (unpaired) electrons. The Bertz CT molecular complexity index is 1280. The van der Waals surface area contributed by atoms with Gasteiger partial charge in [-0.3, -0.25) is 0 Å². The molecule has 2 aliphatic carbocycles. The molecule has 0 aliphatic heterocycles. The number of hydrogen-bond donors (Lipinski definition) is 2.